The number of H-pyrrole nitrogens is 1. The molecule has 0 bridgehead atoms. The second kappa shape index (κ2) is 13.2. The van der Waals surface area contributed by atoms with Gasteiger partial charge in [0.05, 0.1) is 19.8 Å². The molecule has 0 spiro atoms. The van der Waals surface area contributed by atoms with E-state index in [1.807, 2.05) is 6.07 Å². The summed E-state index contributed by atoms with van der Waals surface area (Å²) in [6, 6.07) is 6.22. The number of rotatable bonds is 11. The van der Waals surface area contributed by atoms with Gasteiger partial charge >= 0.3 is 0 Å². The third-order valence-corrected chi connectivity index (χ3v) is 7.20. The van der Waals surface area contributed by atoms with Crippen LogP contribution in [0.2, 0.25) is 0 Å². The first-order valence-electron chi connectivity index (χ1n) is 12.6. The van der Waals surface area contributed by atoms with Gasteiger partial charge in [0.15, 0.2) is 5.11 Å². The van der Waals surface area contributed by atoms with Crippen LogP contribution >= 0.6 is 12.2 Å². The Morgan fingerprint density at radius 2 is 1.82 bits per heavy atom. The Morgan fingerprint density at radius 3 is 2.53 bits per heavy atom. The standard InChI is InChI=1S/C26H41N5O2S/c1-5-29(6-2)10-11-31(26(34)27-8-7-9-30-12-14-33-15-13-30)19-23-18-22-16-20(3)21(4)17-24(22)28-25(23)32/h16-18H,5-15,19H2,1-4H3,(H,27,34)(H,28,32). The maximum Gasteiger partial charge on any atom is 0.253 e. The maximum atomic E-state index is 12.9. The van der Waals surface area contributed by atoms with Crippen LogP contribution in [0.15, 0.2) is 23.0 Å². The summed E-state index contributed by atoms with van der Waals surface area (Å²) < 4.78 is 5.43. The molecule has 1 aliphatic heterocycles. The summed E-state index contributed by atoms with van der Waals surface area (Å²) in [5.41, 5.74) is 3.99. The van der Waals surface area contributed by atoms with E-state index in [2.05, 4.69) is 64.8 Å². The number of nitrogens with one attached hydrogen (secondary N) is 2. The molecule has 1 aromatic carbocycles. The van der Waals surface area contributed by atoms with Crippen LogP contribution in [0.25, 0.3) is 10.9 Å². The minimum Gasteiger partial charge on any atom is -0.379 e. The number of thiocarbonyl (C=S) groups is 1. The molecule has 0 radical (unpaired) electrons. The zero-order valence-corrected chi connectivity index (χ0v) is 22.1. The molecule has 0 atom stereocenters. The van der Waals surface area contributed by atoms with Crippen LogP contribution in [-0.4, -0.2) is 90.4 Å². The van der Waals surface area contributed by atoms with Gasteiger partial charge in [-0.05, 0) is 86.8 Å². The third kappa shape index (κ3) is 7.50. The molecular weight excluding hydrogens is 446 g/mol. The van der Waals surface area contributed by atoms with Crippen LogP contribution in [0, 0.1) is 13.8 Å². The molecule has 2 aromatic rings. The zero-order valence-electron chi connectivity index (χ0n) is 21.3. The van der Waals surface area contributed by atoms with Gasteiger partial charge in [-0.1, -0.05) is 13.8 Å². The van der Waals surface area contributed by atoms with Crippen molar-refractivity contribution in [3.63, 3.8) is 0 Å². The first-order valence-corrected chi connectivity index (χ1v) is 13.0. The van der Waals surface area contributed by atoms with E-state index in [0.29, 0.717) is 11.7 Å². The molecule has 7 nitrogen and oxygen atoms in total. The number of benzene rings is 1. The predicted molar refractivity (Wildman–Crippen MR) is 145 cm³/mol. The molecule has 34 heavy (non-hydrogen) atoms. The molecule has 2 heterocycles. The lowest BCUT2D eigenvalue weighted by atomic mass is 10.0. The lowest BCUT2D eigenvalue weighted by Gasteiger charge is -2.29. The van der Waals surface area contributed by atoms with Gasteiger partial charge in [0.1, 0.15) is 0 Å². The predicted octanol–water partition coefficient (Wildman–Crippen LogP) is 2.89. The van der Waals surface area contributed by atoms with Crippen molar-refractivity contribution in [1.82, 2.24) is 25.0 Å². The number of nitrogens with zero attached hydrogens (tertiary/aromatic N) is 3. The zero-order chi connectivity index (χ0) is 24.5. The van der Waals surface area contributed by atoms with Gasteiger partial charge in [0.2, 0.25) is 0 Å². The van der Waals surface area contributed by atoms with Crippen molar-refractivity contribution in [3.05, 3.63) is 45.2 Å². The summed E-state index contributed by atoms with van der Waals surface area (Å²) in [6.45, 7) is 18.2. The lowest BCUT2D eigenvalue weighted by molar-refractivity contribution is 0.0376. The summed E-state index contributed by atoms with van der Waals surface area (Å²) in [4.78, 5) is 22.9. The van der Waals surface area contributed by atoms with E-state index < -0.39 is 0 Å². The van der Waals surface area contributed by atoms with Crippen molar-refractivity contribution in [2.24, 2.45) is 0 Å². The largest absolute Gasteiger partial charge is 0.379 e. The average Bonchev–Trinajstić information content (AvgIpc) is 2.83. The number of aromatic amines is 1. The summed E-state index contributed by atoms with van der Waals surface area (Å²) >= 11 is 5.80. The fourth-order valence-corrected chi connectivity index (χ4v) is 4.59. The molecule has 0 amide bonds. The van der Waals surface area contributed by atoms with Gasteiger partial charge in [-0.15, -0.1) is 0 Å². The number of aryl methyl sites for hydroxylation is 2. The minimum atomic E-state index is -0.0429. The summed E-state index contributed by atoms with van der Waals surface area (Å²) in [7, 11) is 0. The highest BCUT2D eigenvalue weighted by atomic mass is 32.1. The number of fused-ring (bicyclic) bond motifs is 1. The second-order valence-corrected chi connectivity index (χ2v) is 9.52. The highest BCUT2D eigenvalue weighted by Crippen LogP contribution is 2.18. The van der Waals surface area contributed by atoms with Gasteiger partial charge < -0.3 is 24.8 Å². The number of likely N-dealkylation sites (N-methyl/N-ethyl adjacent to an activating group) is 1. The first kappa shape index (κ1) is 26.6. The summed E-state index contributed by atoms with van der Waals surface area (Å²) in [5.74, 6) is 0. The first-order chi connectivity index (χ1) is 16.4. The fourth-order valence-electron chi connectivity index (χ4n) is 4.33. The Morgan fingerprint density at radius 1 is 1.12 bits per heavy atom. The molecule has 8 heteroatoms. The SMILES string of the molecule is CCN(CC)CCN(Cc1cc2cc(C)c(C)cc2[nH]c1=O)C(=S)NCCCN1CCOCC1. The van der Waals surface area contributed by atoms with Crippen molar-refractivity contribution < 1.29 is 4.74 Å². The van der Waals surface area contributed by atoms with E-state index in [1.54, 1.807) is 0 Å². The van der Waals surface area contributed by atoms with Crippen LogP contribution in [0.1, 0.15) is 37.0 Å². The molecule has 1 aliphatic rings. The number of morpholine rings is 1. The van der Waals surface area contributed by atoms with E-state index in [0.717, 1.165) is 88.5 Å². The van der Waals surface area contributed by atoms with Crippen LogP contribution in [0.4, 0.5) is 0 Å². The van der Waals surface area contributed by atoms with Gasteiger partial charge in [-0.25, -0.2) is 0 Å². The third-order valence-electron chi connectivity index (χ3n) is 6.80. The van der Waals surface area contributed by atoms with E-state index in [1.165, 1.54) is 11.1 Å². The Hall–Kier alpha value is -2.00. The monoisotopic (exact) mass is 487 g/mol. The van der Waals surface area contributed by atoms with Crippen LogP contribution < -0.4 is 10.9 Å². The van der Waals surface area contributed by atoms with Crippen molar-refractivity contribution in [3.8, 4) is 0 Å². The highest BCUT2D eigenvalue weighted by Gasteiger charge is 2.15. The number of hydrogen-bond acceptors (Lipinski definition) is 5. The minimum absolute atomic E-state index is 0.0429. The van der Waals surface area contributed by atoms with Crippen LogP contribution in [-0.2, 0) is 11.3 Å². The van der Waals surface area contributed by atoms with E-state index >= 15 is 0 Å². The second-order valence-electron chi connectivity index (χ2n) is 9.14. The van der Waals surface area contributed by atoms with E-state index in [4.69, 9.17) is 17.0 Å². The molecule has 3 rings (SSSR count). The van der Waals surface area contributed by atoms with Crippen LogP contribution in [0.5, 0.6) is 0 Å². The van der Waals surface area contributed by atoms with Gasteiger partial charge in [0.25, 0.3) is 5.56 Å². The van der Waals surface area contributed by atoms with Crippen molar-refractivity contribution >= 4 is 28.2 Å². The van der Waals surface area contributed by atoms with Crippen LogP contribution in [0.3, 0.4) is 0 Å². The maximum absolute atomic E-state index is 12.9. The lowest BCUT2D eigenvalue weighted by Crippen LogP contribution is -2.45. The molecular formula is C26H41N5O2S. The summed E-state index contributed by atoms with van der Waals surface area (Å²) in [6.07, 6.45) is 1.03. The molecule has 1 fully saturated rings. The van der Waals surface area contributed by atoms with Gasteiger partial charge in [-0.3, -0.25) is 9.69 Å². The Bertz CT molecular complexity index is 999. The summed E-state index contributed by atoms with van der Waals surface area (Å²) in [5, 5.41) is 5.22. The molecule has 1 aromatic heterocycles. The fraction of sp³-hybridized carbons (Fsp3) is 0.615. The van der Waals surface area contributed by atoms with Crippen molar-refractivity contribution in [1.29, 1.82) is 0 Å². The Balaban J connectivity index is 1.67. The molecule has 0 saturated carbocycles. The normalized spacial score (nSPS) is 14.6. The van der Waals surface area contributed by atoms with E-state index in [-0.39, 0.29) is 5.56 Å². The molecule has 0 unspecified atom stereocenters. The van der Waals surface area contributed by atoms with Crippen molar-refractivity contribution in [2.75, 3.05) is 65.6 Å². The topological polar surface area (TPSA) is 63.8 Å². The molecule has 2 N–H and O–H groups in total. The van der Waals surface area contributed by atoms with Crippen molar-refractivity contribution in [2.45, 2.75) is 40.7 Å². The van der Waals surface area contributed by atoms with E-state index in [9.17, 15) is 4.79 Å². The number of ether oxygens (including phenoxy) is 1. The van der Waals surface area contributed by atoms with Gasteiger partial charge in [-0.2, -0.15) is 0 Å². The Kier molecular flexibility index (Phi) is 10.3. The van der Waals surface area contributed by atoms with Gasteiger partial charge in [0, 0.05) is 43.8 Å². The highest BCUT2D eigenvalue weighted by molar-refractivity contribution is 7.80. The number of aromatic nitrogens is 1. The molecule has 188 valence electrons. The number of pyridine rings is 1. The average molecular weight is 488 g/mol. The Labute approximate surface area is 209 Å². The molecule has 1 saturated heterocycles. The number of hydrogen-bond donors (Lipinski definition) is 2. The quantitative estimate of drug-likeness (QED) is 0.373. The smallest absolute Gasteiger partial charge is 0.253 e. The molecule has 0 aliphatic carbocycles.